The zero-order valence-corrected chi connectivity index (χ0v) is 18.6. The molecule has 7 nitrogen and oxygen atoms in total. The number of rotatable bonds is 3. The first kappa shape index (κ1) is 21.2. The Morgan fingerprint density at radius 3 is 2.44 bits per heavy atom. The lowest BCUT2D eigenvalue weighted by atomic mass is 9.93. The highest BCUT2D eigenvalue weighted by Crippen LogP contribution is 2.31. The van der Waals surface area contributed by atoms with E-state index in [1.54, 1.807) is 12.1 Å². The molecule has 8 heteroatoms. The summed E-state index contributed by atoms with van der Waals surface area (Å²) in [5.41, 5.74) is 2.85. The summed E-state index contributed by atoms with van der Waals surface area (Å²) in [4.78, 5) is 29.7. The largest absolute Gasteiger partial charge is 0.454 e. The minimum absolute atomic E-state index is 0.0540. The van der Waals surface area contributed by atoms with Gasteiger partial charge in [0.2, 0.25) is 0 Å². The first-order valence-electron chi connectivity index (χ1n) is 11.0. The predicted molar refractivity (Wildman–Crippen MR) is 119 cm³/mol. The van der Waals surface area contributed by atoms with Crippen molar-refractivity contribution < 1.29 is 22.7 Å². The molecule has 0 spiro atoms. The standard InChI is InChI=1S/C24H26N2O5S/c27-23(26-11-9-25(10-12-26)20-8-13-32(29,30)16-20)18-6-7-21-19(14-18)15-22(31-24(21)28)17-4-2-1-3-5-17/h1-7,14,20,22H,8-13,15-16H2/t20-,22+/m1/s1. The summed E-state index contributed by atoms with van der Waals surface area (Å²) in [6.07, 6.45) is 0.864. The predicted octanol–water partition coefficient (Wildman–Crippen LogP) is 2.09. The monoisotopic (exact) mass is 454 g/mol. The smallest absolute Gasteiger partial charge is 0.339 e. The number of carbonyl (C=O) groups is 2. The lowest BCUT2D eigenvalue weighted by Crippen LogP contribution is -2.52. The van der Waals surface area contributed by atoms with Crippen LogP contribution >= 0.6 is 0 Å². The molecule has 3 aliphatic rings. The van der Waals surface area contributed by atoms with Gasteiger partial charge in [-0.3, -0.25) is 9.69 Å². The zero-order chi connectivity index (χ0) is 22.3. The molecule has 2 fully saturated rings. The number of esters is 1. The molecule has 0 aliphatic carbocycles. The summed E-state index contributed by atoms with van der Waals surface area (Å²) in [6, 6.07) is 14.9. The Balaban J connectivity index is 1.27. The third kappa shape index (κ3) is 4.17. The van der Waals surface area contributed by atoms with Gasteiger partial charge >= 0.3 is 5.97 Å². The second-order valence-electron chi connectivity index (χ2n) is 8.77. The van der Waals surface area contributed by atoms with E-state index in [9.17, 15) is 18.0 Å². The molecule has 0 radical (unpaired) electrons. The number of nitrogens with zero attached hydrogens (tertiary/aromatic N) is 2. The highest BCUT2D eigenvalue weighted by Gasteiger charge is 2.35. The third-order valence-electron chi connectivity index (χ3n) is 6.72. The van der Waals surface area contributed by atoms with E-state index in [1.807, 2.05) is 41.3 Å². The molecule has 168 valence electrons. The van der Waals surface area contributed by atoms with Crippen molar-refractivity contribution in [2.45, 2.75) is 25.0 Å². The minimum Gasteiger partial charge on any atom is -0.454 e. The maximum Gasteiger partial charge on any atom is 0.339 e. The van der Waals surface area contributed by atoms with Crippen molar-refractivity contribution >= 4 is 21.7 Å². The number of hydrogen-bond acceptors (Lipinski definition) is 6. The third-order valence-corrected chi connectivity index (χ3v) is 8.47. The zero-order valence-electron chi connectivity index (χ0n) is 17.8. The number of piperazine rings is 1. The van der Waals surface area contributed by atoms with Crippen LogP contribution in [0.15, 0.2) is 48.5 Å². The van der Waals surface area contributed by atoms with Crippen LogP contribution in [-0.2, 0) is 21.0 Å². The second-order valence-corrected chi connectivity index (χ2v) is 11.0. The summed E-state index contributed by atoms with van der Waals surface area (Å²) in [5.74, 6) is 0.0731. The van der Waals surface area contributed by atoms with Crippen LogP contribution in [0, 0.1) is 0 Å². The molecule has 0 saturated carbocycles. The minimum atomic E-state index is -2.92. The first-order chi connectivity index (χ1) is 15.4. The van der Waals surface area contributed by atoms with Crippen molar-refractivity contribution in [1.29, 1.82) is 0 Å². The molecule has 1 amide bonds. The number of fused-ring (bicyclic) bond motifs is 1. The van der Waals surface area contributed by atoms with Crippen molar-refractivity contribution in [2.75, 3.05) is 37.7 Å². The van der Waals surface area contributed by atoms with Crippen LogP contribution < -0.4 is 0 Å². The summed E-state index contributed by atoms with van der Waals surface area (Å²) < 4.78 is 29.2. The van der Waals surface area contributed by atoms with Gasteiger partial charge in [-0.2, -0.15) is 0 Å². The van der Waals surface area contributed by atoms with Crippen LogP contribution in [0.25, 0.3) is 0 Å². The molecule has 5 rings (SSSR count). The molecule has 2 aromatic carbocycles. The normalized spacial score (nSPS) is 25.2. The average Bonchev–Trinajstić information content (AvgIpc) is 3.18. The number of ether oxygens (including phenoxy) is 1. The Labute approximate surface area is 187 Å². The van der Waals surface area contributed by atoms with Crippen LogP contribution in [0.5, 0.6) is 0 Å². The highest BCUT2D eigenvalue weighted by atomic mass is 32.2. The van der Waals surface area contributed by atoms with Gasteiger partial charge in [-0.15, -0.1) is 0 Å². The molecule has 2 aromatic rings. The number of benzene rings is 2. The quantitative estimate of drug-likeness (QED) is 0.661. The fraction of sp³-hybridized carbons (Fsp3) is 0.417. The van der Waals surface area contributed by atoms with Crippen molar-refractivity contribution in [3.05, 3.63) is 70.8 Å². The molecule has 0 unspecified atom stereocenters. The van der Waals surface area contributed by atoms with E-state index < -0.39 is 9.84 Å². The topological polar surface area (TPSA) is 84.0 Å². The Kier molecular flexibility index (Phi) is 5.51. The molecule has 0 bridgehead atoms. The maximum atomic E-state index is 13.1. The fourth-order valence-corrected chi connectivity index (χ4v) is 6.68. The van der Waals surface area contributed by atoms with Gasteiger partial charge in [0.25, 0.3) is 5.91 Å². The van der Waals surface area contributed by atoms with Crippen molar-refractivity contribution in [3.63, 3.8) is 0 Å². The van der Waals surface area contributed by atoms with E-state index in [1.165, 1.54) is 0 Å². The lowest BCUT2D eigenvalue weighted by Gasteiger charge is -2.37. The Morgan fingerprint density at radius 2 is 1.75 bits per heavy atom. The van der Waals surface area contributed by atoms with E-state index in [4.69, 9.17) is 4.74 Å². The van der Waals surface area contributed by atoms with Crippen LogP contribution in [0.2, 0.25) is 0 Å². The van der Waals surface area contributed by atoms with Gasteiger partial charge in [0.1, 0.15) is 6.10 Å². The van der Waals surface area contributed by atoms with Gasteiger partial charge in [-0.1, -0.05) is 30.3 Å². The van der Waals surface area contributed by atoms with Crippen LogP contribution in [0.3, 0.4) is 0 Å². The van der Waals surface area contributed by atoms with Crippen LogP contribution in [0.1, 0.15) is 44.4 Å². The molecular weight excluding hydrogens is 428 g/mol. The fourth-order valence-electron chi connectivity index (χ4n) is 4.92. The first-order valence-corrected chi connectivity index (χ1v) is 12.8. The van der Waals surface area contributed by atoms with E-state index in [2.05, 4.69) is 4.90 Å². The average molecular weight is 455 g/mol. The molecule has 2 atom stereocenters. The lowest BCUT2D eigenvalue weighted by molar-refractivity contribution is 0.0252. The molecule has 0 N–H and O–H groups in total. The van der Waals surface area contributed by atoms with Gasteiger partial charge in [-0.05, 0) is 35.7 Å². The maximum absolute atomic E-state index is 13.1. The van der Waals surface area contributed by atoms with Gasteiger partial charge in [-0.25, -0.2) is 13.2 Å². The molecule has 3 heterocycles. The van der Waals surface area contributed by atoms with E-state index >= 15 is 0 Å². The summed E-state index contributed by atoms with van der Waals surface area (Å²) >= 11 is 0. The van der Waals surface area contributed by atoms with Crippen molar-refractivity contribution in [3.8, 4) is 0 Å². The van der Waals surface area contributed by atoms with E-state index in [-0.39, 0.29) is 35.5 Å². The number of cyclic esters (lactones) is 1. The molecule has 32 heavy (non-hydrogen) atoms. The van der Waals surface area contributed by atoms with Gasteiger partial charge < -0.3 is 9.64 Å². The number of amides is 1. The molecule has 0 aromatic heterocycles. The van der Waals surface area contributed by atoms with Gasteiger partial charge in [0, 0.05) is 44.2 Å². The Hall–Kier alpha value is -2.71. The summed E-state index contributed by atoms with van der Waals surface area (Å²) in [6.45, 7) is 2.50. The number of carbonyl (C=O) groups excluding carboxylic acids is 2. The molecule has 3 aliphatic heterocycles. The van der Waals surface area contributed by atoms with Gasteiger partial charge in [0.15, 0.2) is 9.84 Å². The second kappa shape index (κ2) is 8.33. The Morgan fingerprint density at radius 1 is 1.00 bits per heavy atom. The van der Waals surface area contributed by atoms with E-state index in [0.29, 0.717) is 50.1 Å². The summed E-state index contributed by atoms with van der Waals surface area (Å²) in [7, 11) is -2.92. The van der Waals surface area contributed by atoms with Gasteiger partial charge in [0.05, 0.1) is 17.1 Å². The number of hydrogen-bond donors (Lipinski definition) is 0. The van der Waals surface area contributed by atoms with Crippen LogP contribution in [-0.4, -0.2) is 73.8 Å². The van der Waals surface area contributed by atoms with Crippen molar-refractivity contribution in [1.82, 2.24) is 9.80 Å². The molecular formula is C24H26N2O5S. The van der Waals surface area contributed by atoms with E-state index in [0.717, 1.165) is 11.1 Å². The molecule has 2 saturated heterocycles. The SMILES string of the molecule is O=C1O[C@H](c2ccccc2)Cc2cc(C(=O)N3CCN([C@@H]4CCS(=O)(=O)C4)CC3)ccc21. The van der Waals surface area contributed by atoms with Crippen molar-refractivity contribution in [2.24, 2.45) is 0 Å². The Bertz CT molecular complexity index is 1140. The highest BCUT2D eigenvalue weighted by molar-refractivity contribution is 7.91. The number of sulfone groups is 1. The van der Waals surface area contributed by atoms with Crippen LogP contribution in [0.4, 0.5) is 0 Å². The summed E-state index contributed by atoms with van der Waals surface area (Å²) in [5, 5.41) is 0.